The Hall–Kier alpha value is -2.76. The quantitative estimate of drug-likeness (QED) is 0.535. The number of aromatic nitrogens is 2. The average Bonchev–Trinajstić information content (AvgIpc) is 3.16. The van der Waals surface area contributed by atoms with E-state index in [2.05, 4.69) is 40.6 Å². The van der Waals surface area contributed by atoms with Crippen molar-refractivity contribution in [1.82, 2.24) is 20.4 Å². The first kappa shape index (κ1) is 17.1. The summed E-state index contributed by atoms with van der Waals surface area (Å²) in [4.78, 5) is 4.66. The molecule has 0 atom stereocenters. The van der Waals surface area contributed by atoms with Gasteiger partial charge < -0.3 is 15.1 Å². The fourth-order valence-electron chi connectivity index (χ4n) is 2.79. The van der Waals surface area contributed by atoms with Gasteiger partial charge in [-0.2, -0.15) is 5.10 Å². The minimum Gasteiger partial charge on any atom is -0.459 e. The van der Waals surface area contributed by atoms with Gasteiger partial charge >= 0.3 is 0 Å². The lowest BCUT2D eigenvalue weighted by molar-refractivity contribution is 0.548. The Bertz CT molecular complexity index is 862. The number of aryl methyl sites for hydroxylation is 2. The Labute approximate surface area is 147 Å². The summed E-state index contributed by atoms with van der Waals surface area (Å²) in [6.45, 7) is 6.28. The van der Waals surface area contributed by atoms with E-state index in [1.807, 2.05) is 42.3 Å². The lowest BCUT2D eigenvalue weighted by Gasteiger charge is -2.10. The highest BCUT2D eigenvalue weighted by Crippen LogP contribution is 2.25. The van der Waals surface area contributed by atoms with Gasteiger partial charge in [-0.15, -0.1) is 0 Å². The molecule has 3 aromatic rings. The maximum absolute atomic E-state index is 5.93. The Morgan fingerprint density at radius 3 is 2.84 bits per heavy atom. The van der Waals surface area contributed by atoms with Crippen LogP contribution in [0, 0.1) is 6.92 Å². The lowest BCUT2D eigenvalue weighted by Crippen LogP contribution is -2.38. The molecule has 2 heterocycles. The van der Waals surface area contributed by atoms with Gasteiger partial charge in [-0.05, 0) is 31.9 Å². The Morgan fingerprint density at radius 2 is 2.12 bits per heavy atom. The largest absolute Gasteiger partial charge is 0.459 e. The second-order valence-corrected chi connectivity index (χ2v) is 6.04. The number of nitrogens with one attached hydrogen (secondary N) is 2. The summed E-state index contributed by atoms with van der Waals surface area (Å²) in [5.74, 6) is 1.71. The van der Waals surface area contributed by atoms with Crippen LogP contribution in [0.1, 0.15) is 23.8 Å². The number of guanidine groups is 1. The van der Waals surface area contributed by atoms with Gasteiger partial charge in [0.25, 0.3) is 0 Å². The number of aliphatic imine (C=N–C) groups is 1. The highest BCUT2D eigenvalue weighted by molar-refractivity contribution is 5.82. The summed E-state index contributed by atoms with van der Waals surface area (Å²) in [5, 5.41) is 12.0. The molecular formula is C19H25N5O. The third-order valence-corrected chi connectivity index (χ3v) is 4.13. The molecule has 25 heavy (non-hydrogen) atoms. The van der Waals surface area contributed by atoms with Crippen molar-refractivity contribution >= 4 is 16.9 Å². The van der Waals surface area contributed by atoms with Crippen molar-refractivity contribution in [3.05, 3.63) is 53.5 Å². The first-order valence-electron chi connectivity index (χ1n) is 8.64. The van der Waals surface area contributed by atoms with Gasteiger partial charge in [-0.1, -0.05) is 18.2 Å². The summed E-state index contributed by atoms with van der Waals surface area (Å²) >= 11 is 0. The van der Waals surface area contributed by atoms with Gasteiger partial charge in [-0.3, -0.25) is 4.68 Å². The van der Waals surface area contributed by atoms with E-state index in [1.165, 1.54) is 5.56 Å². The Kier molecular flexibility index (Phi) is 5.38. The van der Waals surface area contributed by atoms with E-state index in [0.29, 0.717) is 6.54 Å². The summed E-state index contributed by atoms with van der Waals surface area (Å²) in [7, 11) is 1.93. The standard InChI is InChI=1S/C19H25N5O/c1-4-20-19(21-10-9-15-11-23-24(3)13-15)22-12-18-14(2)16-7-5-6-8-17(16)25-18/h5-8,11,13H,4,9-10,12H2,1-3H3,(H2,20,21,22). The van der Waals surface area contributed by atoms with Crippen molar-refractivity contribution in [3.8, 4) is 0 Å². The van der Waals surface area contributed by atoms with Crippen LogP contribution >= 0.6 is 0 Å². The molecule has 2 aromatic heterocycles. The number of benzene rings is 1. The van der Waals surface area contributed by atoms with Crippen LogP contribution in [0.5, 0.6) is 0 Å². The fraction of sp³-hybridized carbons (Fsp3) is 0.368. The van der Waals surface area contributed by atoms with Crippen LogP contribution in [0.4, 0.5) is 0 Å². The van der Waals surface area contributed by atoms with Gasteiger partial charge in [0.15, 0.2) is 5.96 Å². The number of hydrogen-bond donors (Lipinski definition) is 2. The first-order chi connectivity index (χ1) is 12.2. The SMILES string of the molecule is CCNC(=NCc1oc2ccccc2c1C)NCCc1cnn(C)c1. The van der Waals surface area contributed by atoms with Gasteiger partial charge in [0.2, 0.25) is 0 Å². The molecule has 6 nitrogen and oxygen atoms in total. The second-order valence-electron chi connectivity index (χ2n) is 6.04. The maximum atomic E-state index is 5.93. The minimum atomic E-state index is 0.517. The predicted molar refractivity (Wildman–Crippen MR) is 101 cm³/mol. The molecule has 0 radical (unpaired) electrons. The topological polar surface area (TPSA) is 67.4 Å². The van der Waals surface area contributed by atoms with E-state index in [9.17, 15) is 0 Å². The van der Waals surface area contributed by atoms with Crippen LogP contribution in [0.15, 0.2) is 46.1 Å². The van der Waals surface area contributed by atoms with Crippen molar-refractivity contribution in [2.45, 2.75) is 26.8 Å². The lowest BCUT2D eigenvalue weighted by atomic mass is 10.1. The summed E-state index contributed by atoms with van der Waals surface area (Å²) in [6.07, 6.45) is 4.83. The molecule has 0 amide bonds. The normalized spacial score (nSPS) is 11.9. The molecule has 0 spiro atoms. The zero-order chi connectivity index (χ0) is 17.6. The number of para-hydroxylation sites is 1. The van der Waals surface area contributed by atoms with Crippen LogP contribution in [0.25, 0.3) is 11.0 Å². The van der Waals surface area contributed by atoms with Crippen LogP contribution in [0.2, 0.25) is 0 Å². The third kappa shape index (κ3) is 4.21. The molecule has 0 bridgehead atoms. The van der Waals surface area contributed by atoms with E-state index in [1.54, 1.807) is 0 Å². The molecule has 6 heteroatoms. The number of hydrogen-bond acceptors (Lipinski definition) is 3. The Balaban J connectivity index is 1.63. The molecule has 3 rings (SSSR count). The van der Waals surface area contributed by atoms with Crippen LogP contribution in [0.3, 0.4) is 0 Å². The average molecular weight is 339 g/mol. The van der Waals surface area contributed by atoms with E-state index >= 15 is 0 Å². The van der Waals surface area contributed by atoms with E-state index in [-0.39, 0.29) is 0 Å². The van der Waals surface area contributed by atoms with Crippen molar-refractivity contribution in [3.63, 3.8) is 0 Å². The van der Waals surface area contributed by atoms with Gasteiger partial charge in [0.05, 0.1) is 6.20 Å². The maximum Gasteiger partial charge on any atom is 0.191 e. The molecule has 0 saturated heterocycles. The molecule has 132 valence electrons. The molecule has 0 aliphatic carbocycles. The minimum absolute atomic E-state index is 0.517. The van der Waals surface area contributed by atoms with Crippen LogP contribution in [-0.2, 0) is 20.0 Å². The first-order valence-corrected chi connectivity index (χ1v) is 8.64. The smallest absolute Gasteiger partial charge is 0.191 e. The molecular weight excluding hydrogens is 314 g/mol. The van der Waals surface area contributed by atoms with Crippen LogP contribution < -0.4 is 10.6 Å². The zero-order valence-corrected chi connectivity index (χ0v) is 15.0. The van der Waals surface area contributed by atoms with Crippen molar-refractivity contribution in [2.75, 3.05) is 13.1 Å². The van der Waals surface area contributed by atoms with E-state index in [0.717, 1.165) is 47.8 Å². The summed E-state index contributed by atoms with van der Waals surface area (Å²) in [5.41, 5.74) is 3.28. The molecule has 0 saturated carbocycles. The van der Waals surface area contributed by atoms with E-state index < -0.39 is 0 Å². The van der Waals surface area contributed by atoms with E-state index in [4.69, 9.17) is 4.42 Å². The predicted octanol–water partition coefficient (Wildman–Crippen LogP) is 2.77. The summed E-state index contributed by atoms with van der Waals surface area (Å²) in [6, 6.07) is 8.09. The van der Waals surface area contributed by atoms with Crippen LogP contribution in [-0.4, -0.2) is 28.8 Å². The number of furan rings is 1. The molecule has 0 aliphatic heterocycles. The number of nitrogens with zero attached hydrogens (tertiary/aromatic N) is 3. The van der Waals surface area contributed by atoms with Crippen molar-refractivity contribution in [1.29, 1.82) is 0 Å². The summed E-state index contributed by atoms with van der Waals surface area (Å²) < 4.78 is 7.75. The van der Waals surface area contributed by atoms with Gasteiger partial charge in [0, 0.05) is 37.3 Å². The highest BCUT2D eigenvalue weighted by atomic mass is 16.3. The van der Waals surface area contributed by atoms with Crippen molar-refractivity contribution < 1.29 is 4.42 Å². The molecule has 1 aromatic carbocycles. The molecule has 0 unspecified atom stereocenters. The number of fused-ring (bicyclic) bond motifs is 1. The second kappa shape index (κ2) is 7.88. The van der Waals surface area contributed by atoms with Gasteiger partial charge in [-0.25, -0.2) is 4.99 Å². The molecule has 2 N–H and O–H groups in total. The fourth-order valence-corrected chi connectivity index (χ4v) is 2.79. The zero-order valence-electron chi connectivity index (χ0n) is 15.0. The monoisotopic (exact) mass is 339 g/mol. The Morgan fingerprint density at radius 1 is 1.28 bits per heavy atom. The van der Waals surface area contributed by atoms with Crippen molar-refractivity contribution in [2.24, 2.45) is 12.0 Å². The molecule has 0 aliphatic rings. The highest BCUT2D eigenvalue weighted by Gasteiger charge is 2.09. The molecule has 0 fully saturated rings. The number of rotatable bonds is 6. The third-order valence-electron chi connectivity index (χ3n) is 4.13. The van der Waals surface area contributed by atoms with Gasteiger partial charge in [0.1, 0.15) is 17.9 Å².